The molecule has 0 heterocycles. The number of ether oxygens (including phenoxy) is 2. The third-order valence-corrected chi connectivity index (χ3v) is 2.94. The van der Waals surface area contributed by atoms with Crippen LogP contribution in [-0.4, -0.2) is 61.9 Å². The summed E-state index contributed by atoms with van der Waals surface area (Å²) in [6.07, 6.45) is 0.470. The second-order valence-electron chi connectivity index (χ2n) is 4.31. The Bertz CT molecular complexity index is 297. The van der Waals surface area contributed by atoms with Gasteiger partial charge in [0.1, 0.15) is 0 Å². The molecule has 0 aliphatic rings. The van der Waals surface area contributed by atoms with E-state index in [-0.39, 0.29) is 17.8 Å². The molecule has 0 aromatic carbocycles. The van der Waals surface area contributed by atoms with Gasteiger partial charge in [0.25, 0.3) is 0 Å². The van der Waals surface area contributed by atoms with Gasteiger partial charge in [-0.1, -0.05) is 12.1 Å². The van der Waals surface area contributed by atoms with Crippen LogP contribution >= 0.6 is 0 Å². The lowest BCUT2D eigenvalue weighted by atomic mass is 10.0. The normalized spacial score (nSPS) is 15.1. The van der Waals surface area contributed by atoms with E-state index in [1.165, 1.54) is 0 Å². The van der Waals surface area contributed by atoms with Crippen molar-refractivity contribution in [3.05, 3.63) is 0 Å². The van der Waals surface area contributed by atoms with Gasteiger partial charge in [0.15, 0.2) is 5.84 Å². The van der Waals surface area contributed by atoms with E-state index in [0.29, 0.717) is 26.2 Å². The zero-order valence-electron chi connectivity index (χ0n) is 12.1. The molecule has 0 radical (unpaired) electrons. The van der Waals surface area contributed by atoms with Crippen LogP contribution in [-0.2, 0) is 14.3 Å². The summed E-state index contributed by atoms with van der Waals surface area (Å²) in [6.45, 7) is 4.98. The maximum Gasteiger partial charge on any atom is 0.233 e. The Morgan fingerprint density at radius 3 is 2.47 bits per heavy atom. The van der Waals surface area contributed by atoms with Gasteiger partial charge in [0.2, 0.25) is 5.91 Å². The molecule has 19 heavy (non-hydrogen) atoms. The van der Waals surface area contributed by atoms with Crippen LogP contribution < -0.4 is 5.73 Å². The first-order valence-electron chi connectivity index (χ1n) is 6.29. The van der Waals surface area contributed by atoms with Gasteiger partial charge >= 0.3 is 0 Å². The molecule has 0 saturated carbocycles. The topological polar surface area (TPSA) is 97.4 Å². The Morgan fingerprint density at radius 1 is 1.42 bits per heavy atom. The Balaban J connectivity index is 4.95. The first-order valence-corrected chi connectivity index (χ1v) is 6.29. The third-order valence-electron chi connectivity index (χ3n) is 2.94. The Labute approximate surface area is 114 Å². The average molecular weight is 275 g/mol. The summed E-state index contributed by atoms with van der Waals surface area (Å²) in [5, 5.41) is 11.7. The fourth-order valence-electron chi connectivity index (χ4n) is 1.85. The van der Waals surface area contributed by atoms with Crippen molar-refractivity contribution in [3.63, 3.8) is 0 Å². The van der Waals surface area contributed by atoms with Gasteiger partial charge in [-0.25, -0.2) is 0 Å². The molecular weight excluding hydrogens is 250 g/mol. The molecule has 3 N–H and O–H groups in total. The van der Waals surface area contributed by atoms with Crippen LogP contribution in [0.15, 0.2) is 5.16 Å². The summed E-state index contributed by atoms with van der Waals surface area (Å²) in [4.78, 5) is 14.1. The van der Waals surface area contributed by atoms with Crippen molar-refractivity contribution in [1.82, 2.24) is 4.90 Å². The Morgan fingerprint density at radius 2 is 2.05 bits per heavy atom. The predicted molar refractivity (Wildman–Crippen MR) is 72.1 cm³/mol. The standard InChI is InChI=1S/C12H25N3O4/c1-5-10(11(13)14-17)12(16)15(6-7-18-3)9(2)8-19-4/h9-10,17H,5-8H2,1-4H3,(H2,13,14). The lowest BCUT2D eigenvalue weighted by Crippen LogP contribution is -2.48. The van der Waals surface area contributed by atoms with Crippen molar-refractivity contribution in [3.8, 4) is 0 Å². The molecule has 1 amide bonds. The zero-order valence-corrected chi connectivity index (χ0v) is 12.1. The van der Waals surface area contributed by atoms with E-state index in [1.54, 1.807) is 19.1 Å². The molecule has 2 atom stereocenters. The van der Waals surface area contributed by atoms with Gasteiger partial charge in [-0.2, -0.15) is 0 Å². The highest BCUT2D eigenvalue weighted by atomic mass is 16.5. The predicted octanol–water partition coefficient (Wildman–Crippen LogP) is 0.269. The molecule has 0 aliphatic heterocycles. The molecule has 0 fully saturated rings. The van der Waals surface area contributed by atoms with Crippen LogP contribution in [0, 0.1) is 5.92 Å². The van der Waals surface area contributed by atoms with Crippen molar-refractivity contribution < 1.29 is 19.5 Å². The first-order chi connectivity index (χ1) is 9.03. The number of amides is 1. The molecule has 7 heteroatoms. The molecule has 0 saturated heterocycles. The quantitative estimate of drug-likeness (QED) is 0.272. The van der Waals surface area contributed by atoms with Crippen LogP contribution in [0.1, 0.15) is 20.3 Å². The van der Waals surface area contributed by atoms with Crippen molar-refractivity contribution in [2.45, 2.75) is 26.3 Å². The van der Waals surface area contributed by atoms with E-state index in [0.717, 1.165) is 0 Å². The molecule has 0 spiro atoms. The Kier molecular flexibility index (Phi) is 8.90. The average Bonchev–Trinajstić information content (AvgIpc) is 2.40. The number of amidine groups is 1. The minimum atomic E-state index is -0.624. The molecule has 112 valence electrons. The summed E-state index contributed by atoms with van der Waals surface area (Å²) in [5.41, 5.74) is 5.56. The molecule has 7 nitrogen and oxygen atoms in total. The maximum absolute atomic E-state index is 12.4. The minimum Gasteiger partial charge on any atom is -0.409 e. The van der Waals surface area contributed by atoms with Crippen molar-refractivity contribution in [2.24, 2.45) is 16.8 Å². The minimum absolute atomic E-state index is 0.0699. The monoisotopic (exact) mass is 275 g/mol. The van der Waals surface area contributed by atoms with Crippen molar-refractivity contribution in [2.75, 3.05) is 34.0 Å². The number of carbonyl (C=O) groups excluding carboxylic acids is 1. The molecule has 0 aromatic heterocycles. The number of nitrogens with zero attached hydrogens (tertiary/aromatic N) is 2. The van der Waals surface area contributed by atoms with Crippen molar-refractivity contribution >= 4 is 11.7 Å². The smallest absolute Gasteiger partial charge is 0.233 e. The first kappa shape index (κ1) is 17.7. The lowest BCUT2D eigenvalue weighted by molar-refractivity contribution is -0.137. The number of methoxy groups -OCH3 is 2. The SMILES string of the molecule is CCC(C(=O)N(CCOC)C(C)COC)C(N)=NO. The molecule has 0 rings (SSSR count). The molecule has 0 bridgehead atoms. The lowest BCUT2D eigenvalue weighted by Gasteiger charge is -2.31. The summed E-state index contributed by atoms with van der Waals surface area (Å²) < 4.78 is 10.1. The van der Waals surface area contributed by atoms with Crippen molar-refractivity contribution in [1.29, 1.82) is 0 Å². The Hall–Kier alpha value is -1.34. The second kappa shape index (κ2) is 9.57. The van der Waals surface area contributed by atoms with Crippen LogP contribution in [0.5, 0.6) is 0 Å². The molecule has 0 aromatic rings. The van der Waals surface area contributed by atoms with E-state index in [4.69, 9.17) is 20.4 Å². The van der Waals surface area contributed by atoms with Gasteiger partial charge in [-0.15, -0.1) is 0 Å². The van der Waals surface area contributed by atoms with Crippen LogP contribution in [0.4, 0.5) is 0 Å². The van der Waals surface area contributed by atoms with Crippen LogP contribution in [0.25, 0.3) is 0 Å². The van der Waals surface area contributed by atoms with Gasteiger partial charge in [0, 0.05) is 20.8 Å². The highest BCUT2D eigenvalue weighted by molar-refractivity contribution is 6.02. The van der Waals surface area contributed by atoms with Gasteiger partial charge in [-0.05, 0) is 13.3 Å². The fraction of sp³-hybridized carbons (Fsp3) is 0.833. The summed E-state index contributed by atoms with van der Waals surface area (Å²) >= 11 is 0. The van der Waals surface area contributed by atoms with Gasteiger partial charge in [0.05, 0.1) is 25.2 Å². The fourth-order valence-corrected chi connectivity index (χ4v) is 1.85. The number of rotatable bonds is 9. The largest absolute Gasteiger partial charge is 0.409 e. The molecule has 0 aliphatic carbocycles. The highest BCUT2D eigenvalue weighted by Gasteiger charge is 2.29. The van der Waals surface area contributed by atoms with E-state index in [1.807, 2.05) is 13.8 Å². The van der Waals surface area contributed by atoms with E-state index in [2.05, 4.69) is 5.16 Å². The number of oxime groups is 1. The number of hydrogen-bond acceptors (Lipinski definition) is 5. The van der Waals surface area contributed by atoms with Gasteiger partial charge in [-0.3, -0.25) is 4.79 Å². The maximum atomic E-state index is 12.4. The van der Waals surface area contributed by atoms with Crippen LogP contribution in [0.2, 0.25) is 0 Å². The highest BCUT2D eigenvalue weighted by Crippen LogP contribution is 2.12. The number of hydrogen-bond donors (Lipinski definition) is 2. The zero-order chi connectivity index (χ0) is 14.8. The molecule has 2 unspecified atom stereocenters. The number of carbonyl (C=O) groups is 1. The molecular formula is C12H25N3O4. The second-order valence-corrected chi connectivity index (χ2v) is 4.31. The summed E-state index contributed by atoms with van der Waals surface area (Å²) in [6, 6.07) is -0.104. The van der Waals surface area contributed by atoms with E-state index < -0.39 is 5.92 Å². The summed E-state index contributed by atoms with van der Waals surface area (Å²) in [5.74, 6) is -0.875. The van der Waals surface area contributed by atoms with E-state index in [9.17, 15) is 4.79 Å². The van der Waals surface area contributed by atoms with E-state index >= 15 is 0 Å². The third kappa shape index (κ3) is 5.44. The van der Waals surface area contributed by atoms with Crippen LogP contribution in [0.3, 0.4) is 0 Å². The number of nitrogens with two attached hydrogens (primary N) is 1. The van der Waals surface area contributed by atoms with Gasteiger partial charge < -0.3 is 25.3 Å². The summed E-state index contributed by atoms with van der Waals surface area (Å²) in [7, 11) is 3.15.